The molecule has 2 aromatic heterocycles. The highest BCUT2D eigenvalue weighted by Crippen LogP contribution is 2.51. The van der Waals surface area contributed by atoms with Gasteiger partial charge in [-0.1, -0.05) is 97.1 Å². The first-order valence-corrected chi connectivity index (χ1v) is 16.0. The highest BCUT2D eigenvalue weighted by molar-refractivity contribution is 6.11. The van der Waals surface area contributed by atoms with Crippen LogP contribution >= 0.6 is 0 Å². The summed E-state index contributed by atoms with van der Waals surface area (Å²) in [6.45, 7) is 0. The van der Waals surface area contributed by atoms with Crippen LogP contribution in [0.25, 0.3) is 55.0 Å². The molecule has 1 aliphatic heterocycles. The van der Waals surface area contributed by atoms with Gasteiger partial charge in [-0.3, -0.25) is 0 Å². The second-order valence-electron chi connectivity index (χ2n) is 12.1. The number of fused-ring (bicyclic) bond motifs is 8. The van der Waals surface area contributed by atoms with E-state index in [4.69, 9.17) is 4.74 Å². The molecule has 0 radical (unpaired) electrons. The molecule has 0 spiro atoms. The molecule has 7 aromatic carbocycles. The Bertz CT molecular complexity index is 2510. The van der Waals surface area contributed by atoms with Gasteiger partial charge in [-0.05, 0) is 60.7 Å². The van der Waals surface area contributed by atoms with E-state index in [1.807, 2.05) is 36.4 Å². The molecule has 1 aliphatic rings. The normalized spacial score (nSPS) is 12.3. The Morgan fingerprint density at radius 2 is 0.771 bits per heavy atom. The van der Waals surface area contributed by atoms with Crippen molar-refractivity contribution in [2.24, 2.45) is 0 Å². The minimum atomic E-state index is 0.589. The molecule has 0 saturated carbocycles. The maximum absolute atomic E-state index is 11.2. The highest BCUT2D eigenvalue weighted by Gasteiger charge is 2.29. The van der Waals surface area contributed by atoms with Gasteiger partial charge in [0.25, 0.3) is 0 Å². The van der Waals surface area contributed by atoms with Gasteiger partial charge in [-0.15, -0.1) is 0 Å². The van der Waals surface area contributed by atoms with Crippen molar-refractivity contribution in [3.63, 3.8) is 0 Å². The molecule has 9 aromatic rings. The maximum Gasteiger partial charge on any atom is 0.151 e. The third-order valence-corrected chi connectivity index (χ3v) is 9.53. The third-order valence-electron chi connectivity index (χ3n) is 9.53. The summed E-state index contributed by atoms with van der Waals surface area (Å²) >= 11 is 0. The van der Waals surface area contributed by atoms with Crippen LogP contribution in [0.2, 0.25) is 0 Å². The minimum Gasteiger partial charge on any atom is -0.453 e. The van der Waals surface area contributed by atoms with Crippen LogP contribution in [-0.2, 0) is 0 Å². The number of anilines is 3. The third kappa shape index (κ3) is 3.66. The predicted molar refractivity (Wildman–Crippen MR) is 195 cm³/mol. The van der Waals surface area contributed by atoms with Crippen LogP contribution in [-0.4, -0.2) is 9.13 Å². The summed E-state index contributed by atoms with van der Waals surface area (Å²) in [7, 11) is 0. The van der Waals surface area contributed by atoms with Crippen LogP contribution in [0.1, 0.15) is 5.56 Å². The predicted octanol–water partition coefficient (Wildman–Crippen LogP) is 11.3. The zero-order valence-corrected chi connectivity index (χ0v) is 25.7. The first-order chi connectivity index (χ1) is 23.8. The number of ether oxygens (including phenoxy) is 1. The monoisotopic (exact) mass is 614 g/mol. The Kier molecular flexibility index (Phi) is 5.57. The van der Waals surface area contributed by atoms with Gasteiger partial charge >= 0.3 is 0 Å². The van der Waals surface area contributed by atoms with E-state index in [-0.39, 0.29) is 0 Å². The SMILES string of the molecule is N#Cc1c(-n2c3ccccc3c3ccccc32)cc(N2c3ccccc3Oc3ccccc32)cc1-n1c2ccccc2c2ccccc21. The van der Waals surface area contributed by atoms with Crippen LogP contribution in [0.3, 0.4) is 0 Å². The summed E-state index contributed by atoms with van der Waals surface area (Å²) in [6.07, 6.45) is 0. The molecule has 0 amide bonds. The lowest BCUT2D eigenvalue weighted by molar-refractivity contribution is 0.477. The molecule has 0 bridgehead atoms. The lowest BCUT2D eigenvalue weighted by Crippen LogP contribution is -2.17. The summed E-state index contributed by atoms with van der Waals surface area (Å²) in [5.74, 6) is 1.55. The van der Waals surface area contributed by atoms with Crippen molar-refractivity contribution in [1.82, 2.24) is 9.13 Å². The van der Waals surface area contributed by atoms with E-state index in [1.54, 1.807) is 0 Å². The zero-order chi connectivity index (χ0) is 31.8. The van der Waals surface area contributed by atoms with Crippen molar-refractivity contribution in [3.05, 3.63) is 163 Å². The van der Waals surface area contributed by atoms with Crippen molar-refractivity contribution in [3.8, 4) is 28.9 Å². The summed E-state index contributed by atoms with van der Waals surface area (Å²) in [5.41, 5.74) is 9.18. The summed E-state index contributed by atoms with van der Waals surface area (Å²) in [5, 5.41) is 15.8. The molecule has 5 nitrogen and oxygen atoms in total. The van der Waals surface area contributed by atoms with E-state index in [2.05, 4.69) is 141 Å². The maximum atomic E-state index is 11.2. The number of nitrogens with zero attached hydrogens (tertiary/aromatic N) is 4. The molecular weight excluding hydrogens is 589 g/mol. The van der Waals surface area contributed by atoms with Gasteiger partial charge in [0.15, 0.2) is 11.5 Å². The number of nitriles is 1. The molecule has 0 N–H and O–H groups in total. The van der Waals surface area contributed by atoms with Crippen LogP contribution in [0.5, 0.6) is 11.5 Å². The topological polar surface area (TPSA) is 46.1 Å². The molecule has 0 fully saturated rings. The number of rotatable bonds is 3. The zero-order valence-electron chi connectivity index (χ0n) is 25.7. The van der Waals surface area contributed by atoms with Crippen molar-refractivity contribution < 1.29 is 4.74 Å². The molecule has 224 valence electrons. The average Bonchev–Trinajstić information content (AvgIpc) is 3.66. The summed E-state index contributed by atoms with van der Waals surface area (Å²) < 4.78 is 10.9. The molecule has 0 atom stereocenters. The van der Waals surface area contributed by atoms with Crippen molar-refractivity contribution >= 4 is 60.7 Å². The quantitative estimate of drug-likeness (QED) is 0.199. The van der Waals surface area contributed by atoms with E-state index >= 15 is 0 Å². The van der Waals surface area contributed by atoms with Crippen molar-refractivity contribution in [1.29, 1.82) is 5.26 Å². The molecule has 3 heterocycles. The molecule has 5 heteroatoms. The number of aromatic nitrogens is 2. The standard InChI is InChI=1S/C43H26N4O/c44-27-33-40(46-34-17-5-1-13-29(34)30-14-2-6-18-35(30)46)25-28(45-38-21-9-11-23-42(38)48-43-24-12-10-22-39(43)45)26-41(33)47-36-19-7-3-15-31(36)32-16-4-8-20-37(32)47/h1-26H. The lowest BCUT2D eigenvalue weighted by Gasteiger charge is -2.33. The fourth-order valence-corrected chi connectivity index (χ4v) is 7.54. The van der Waals surface area contributed by atoms with Crippen LogP contribution in [0, 0.1) is 11.3 Å². The molecular formula is C43H26N4O. The fraction of sp³-hybridized carbons (Fsp3) is 0. The van der Waals surface area contributed by atoms with Gasteiger partial charge in [0, 0.05) is 21.5 Å². The van der Waals surface area contributed by atoms with Gasteiger partial charge in [0.05, 0.1) is 50.5 Å². The van der Waals surface area contributed by atoms with Crippen LogP contribution in [0.15, 0.2) is 158 Å². The molecule has 0 aliphatic carbocycles. The van der Waals surface area contributed by atoms with Crippen molar-refractivity contribution in [2.45, 2.75) is 0 Å². The number of hydrogen-bond donors (Lipinski definition) is 0. The second-order valence-corrected chi connectivity index (χ2v) is 12.1. The van der Waals surface area contributed by atoms with Gasteiger partial charge in [0.1, 0.15) is 11.6 Å². The highest BCUT2D eigenvalue weighted by atomic mass is 16.5. The van der Waals surface area contributed by atoms with E-state index in [0.717, 1.165) is 83.5 Å². The fourth-order valence-electron chi connectivity index (χ4n) is 7.54. The summed E-state index contributed by atoms with van der Waals surface area (Å²) in [4.78, 5) is 2.25. The first-order valence-electron chi connectivity index (χ1n) is 16.0. The van der Waals surface area contributed by atoms with Crippen LogP contribution in [0.4, 0.5) is 17.1 Å². The number of benzene rings is 7. The number of para-hydroxylation sites is 8. The van der Waals surface area contributed by atoms with Gasteiger partial charge in [-0.2, -0.15) is 5.26 Å². The molecule has 10 rings (SSSR count). The Morgan fingerprint density at radius 3 is 1.17 bits per heavy atom. The van der Waals surface area contributed by atoms with Crippen LogP contribution < -0.4 is 9.64 Å². The van der Waals surface area contributed by atoms with E-state index in [0.29, 0.717) is 5.56 Å². The Hall–Kier alpha value is -6.77. The smallest absolute Gasteiger partial charge is 0.151 e. The lowest BCUT2D eigenvalue weighted by atomic mass is 10.1. The Morgan fingerprint density at radius 1 is 0.417 bits per heavy atom. The van der Waals surface area contributed by atoms with Gasteiger partial charge in [0.2, 0.25) is 0 Å². The van der Waals surface area contributed by atoms with E-state index in [1.165, 1.54) is 0 Å². The Balaban J connectivity index is 1.39. The van der Waals surface area contributed by atoms with Gasteiger partial charge in [-0.25, -0.2) is 0 Å². The van der Waals surface area contributed by atoms with Gasteiger partial charge < -0.3 is 18.8 Å². The van der Waals surface area contributed by atoms with Crippen molar-refractivity contribution in [2.75, 3.05) is 4.90 Å². The second kappa shape index (κ2) is 10.1. The first kappa shape index (κ1) is 26.4. The van der Waals surface area contributed by atoms with E-state index < -0.39 is 0 Å². The minimum absolute atomic E-state index is 0.589. The average molecular weight is 615 g/mol. The molecule has 0 saturated heterocycles. The largest absolute Gasteiger partial charge is 0.453 e. The number of hydrogen-bond acceptors (Lipinski definition) is 3. The van der Waals surface area contributed by atoms with E-state index in [9.17, 15) is 5.26 Å². The Labute approximate surface area is 276 Å². The molecule has 48 heavy (non-hydrogen) atoms. The summed E-state index contributed by atoms with van der Waals surface area (Å²) in [6, 6.07) is 57.0. The molecule has 0 unspecified atom stereocenters.